The lowest BCUT2D eigenvalue weighted by molar-refractivity contribution is -0.149. The van der Waals surface area contributed by atoms with Crippen LogP contribution in [-0.4, -0.2) is 17.5 Å². The fraction of sp³-hybridized carbons (Fsp3) is 0.800. The van der Waals surface area contributed by atoms with Crippen LogP contribution >= 0.6 is 0 Å². The van der Waals surface area contributed by atoms with Gasteiger partial charge in [0.1, 0.15) is 5.78 Å². The normalized spacial score (nSPS) is 19.1. The summed E-state index contributed by atoms with van der Waals surface area (Å²) in [6, 6.07) is 0. The van der Waals surface area contributed by atoms with Gasteiger partial charge < -0.3 is 0 Å². The van der Waals surface area contributed by atoms with Crippen molar-refractivity contribution in [2.24, 2.45) is 11.8 Å². The summed E-state index contributed by atoms with van der Waals surface area (Å²) >= 11 is 0. The third kappa shape index (κ3) is 2.36. The molecule has 0 aliphatic heterocycles. The van der Waals surface area contributed by atoms with Crippen LogP contribution in [0.3, 0.4) is 0 Å². The van der Waals surface area contributed by atoms with Gasteiger partial charge in [0.15, 0.2) is 0 Å². The van der Waals surface area contributed by atoms with Crippen molar-refractivity contribution < 1.29 is 18.4 Å². The van der Waals surface area contributed by atoms with Crippen molar-refractivity contribution in [3.05, 3.63) is 0 Å². The second-order valence-corrected chi connectivity index (χ2v) is 3.89. The van der Waals surface area contributed by atoms with E-state index in [9.17, 15) is 18.4 Å². The van der Waals surface area contributed by atoms with Crippen LogP contribution in [0.1, 0.15) is 33.1 Å². The Labute approximate surface area is 81.7 Å². The Morgan fingerprint density at radius 3 is 2.21 bits per heavy atom. The van der Waals surface area contributed by atoms with E-state index in [0.29, 0.717) is 6.92 Å². The third-order valence-corrected chi connectivity index (χ3v) is 2.48. The molecular weight excluding hydrogens is 190 g/mol. The zero-order valence-electron chi connectivity index (χ0n) is 8.35. The predicted octanol–water partition coefficient (Wildman–Crippen LogP) is 2.22. The van der Waals surface area contributed by atoms with Gasteiger partial charge in [-0.3, -0.25) is 9.59 Å². The molecule has 2 nitrogen and oxygen atoms in total. The molecule has 0 aromatic heterocycles. The molecule has 1 saturated carbocycles. The minimum atomic E-state index is -3.38. The van der Waals surface area contributed by atoms with Crippen LogP contribution < -0.4 is 0 Å². The lowest BCUT2D eigenvalue weighted by atomic mass is 9.90. The summed E-state index contributed by atoms with van der Waals surface area (Å²) in [5.41, 5.74) is 0. The Kier molecular flexibility index (Phi) is 3.02. The molecule has 0 N–H and O–H groups in total. The van der Waals surface area contributed by atoms with Crippen LogP contribution in [0.5, 0.6) is 0 Å². The van der Waals surface area contributed by atoms with Crippen LogP contribution in [0.2, 0.25) is 0 Å². The third-order valence-electron chi connectivity index (χ3n) is 2.48. The smallest absolute Gasteiger partial charge is 0.299 e. The lowest BCUT2D eigenvalue weighted by Gasteiger charge is -2.16. The van der Waals surface area contributed by atoms with Gasteiger partial charge in [0.05, 0.1) is 5.92 Å². The molecule has 1 aliphatic rings. The van der Waals surface area contributed by atoms with Crippen LogP contribution in [0, 0.1) is 11.8 Å². The summed E-state index contributed by atoms with van der Waals surface area (Å²) < 4.78 is 25.4. The molecule has 0 amide bonds. The second kappa shape index (κ2) is 3.75. The average Bonchev–Trinajstić information content (AvgIpc) is 2.85. The highest BCUT2D eigenvalue weighted by Crippen LogP contribution is 2.35. The molecule has 80 valence electrons. The number of ketones is 2. The topological polar surface area (TPSA) is 34.1 Å². The number of carbonyl (C=O) groups excluding carboxylic acids is 2. The number of Topliss-reactive ketones (excluding diaryl/α,β-unsaturated/α-hetero) is 2. The minimum absolute atomic E-state index is 0.133. The average molecular weight is 204 g/mol. The zero-order chi connectivity index (χ0) is 10.9. The van der Waals surface area contributed by atoms with Gasteiger partial charge in [0.25, 0.3) is 0 Å². The van der Waals surface area contributed by atoms with Gasteiger partial charge in [0, 0.05) is 12.8 Å². The van der Waals surface area contributed by atoms with Gasteiger partial charge in [-0.2, -0.15) is 8.78 Å². The highest BCUT2D eigenvalue weighted by Gasteiger charge is 2.44. The van der Waals surface area contributed by atoms with Gasteiger partial charge in [0.2, 0.25) is 5.78 Å². The fourth-order valence-electron chi connectivity index (χ4n) is 1.47. The molecule has 0 bridgehead atoms. The Morgan fingerprint density at radius 2 is 1.93 bits per heavy atom. The summed E-state index contributed by atoms with van der Waals surface area (Å²) in [6.45, 7) is 2.15. The van der Waals surface area contributed by atoms with Gasteiger partial charge in [-0.25, -0.2) is 0 Å². The predicted molar refractivity (Wildman–Crippen MR) is 47.1 cm³/mol. The van der Waals surface area contributed by atoms with Crippen LogP contribution in [-0.2, 0) is 9.59 Å². The summed E-state index contributed by atoms with van der Waals surface area (Å²) in [6.07, 6.45) is 1.67. The van der Waals surface area contributed by atoms with Crippen molar-refractivity contribution >= 4 is 11.6 Å². The van der Waals surface area contributed by atoms with Gasteiger partial charge >= 0.3 is 5.92 Å². The highest BCUT2D eigenvalue weighted by atomic mass is 19.3. The molecule has 0 spiro atoms. The fourth-order valence-corrected chi connectivity index (χ4v) is 1.47. The standard InChI is InChI=1S/C10H14F2O2/c1-3-7(8(13)6-4-5-6)9(14)10(2,11)12/h6-7H,3-5H2,1-2H3. The van der Waals surface area contributed by atoms with E-state index in [-0.39, 0.29) is 18.1 Å². The van der Waals surface area contributed by atoms with Gasteiger partial charge in [-0.1, -0.05) is 6.92 Å². The molecule has 1 aliphatic carbocycles. The molecule has 1 fully saturated rings. The van der Waals surface area contributed by atoms with Crippen molar-refractivity contribution in [1.82, 2.24) is 0 Å². The number of hydrogen-bond donors (Lipinski definition) is 0. The first-order chi connectivity index (χ1) is 6.38. The molecule has 1 unspecified atom stereocenters. The summed E-state index contributed by atoms with van der Waals surface area (Å²) in [7, 11) is 0. The van der Waals surface area contributed by atoms with E-state index < -0.39 is 17.6 Å². The van der Waals surface area contributed by atoms with Crippen molar-refractivity contribution in [2.75, 3.05) is 0 Å². The molecule has 0 saturated heterocycles. The van der Waals surface area contributed by atoms with Crippen molar-refractivity contribution in [1.29, 1.82) is 0 Å². The Morgan fingerprint density at radius 1 is 1.43 bits per heavy atom. The summed E-state index contributed by atoms with van der Waals surface area (Å²) in [5.74, 6) is -6.13. The zero-order valence-corrected chi connectivity index (χ0v) is 8.35. The lowest BCUT2D eigenvalue weighted by Crippen LogP contribution is -2.36. The van der Waals surface area contributed by atoms with Crippen LogP contribution in [0.4, 0.5) is 8.78 Å². The number of halogens is 2. The first-order valence-electron chi connectivity index (χ1n) is 4.83. The van der Waals surface area contributed by atoms with Gasteiger partial charge in [-0.05, 0) is 19.3 Å². The Hall–Kier alpha value is -0.800. The largest absolute Gasteiger partial charge is 0.303 e. The molecule has 0 aromatic carbocycles. The first-order valence-corrected chi connectivity index (χ1v) is 4.83. The molecule has 4 heteroatoms. The van der Waals surface area contributed by atoms with E-state index in [1.165, 1.54) is 0 Å². The molecule has 0 aromatic rings. The number of carbonyl (C=O) groups is 2. The highest BCUT2D eigenvalue weighted by molar-refractivity contribution is 6.06. The SMILES string of the molecule is CCC(C(=O)C1CC1)C(=O)C(C)(F)F. The van der Waals surface area contributed by atoms with Crippen LogP contribution in [0.15, 0.2) is 0 Å². The molecule has 1 rings (SSSR count). The number of rotatable bonds is 5. The molecule has 14 heavy (non-hydrogen) atoms. The van der Waals surface area contributed by atoms with E-state index >= 15 is 0 Å². The van der Waals surface area contributed by atoms with Gasteiger partial charge in [-0.15, -0.1) is 0 Å². The minimum Gasteiger partial charge on any atom is -0.299 e. The molecular formula is C10H14F2O2. The van der Waals surface area contributed by atoms with Crippen molar-refractivity contribution in [3.63, 3.8) is 0 Å². The maximum absolute atomic E-state index is 12.7. The van der Waals surface area contributed by atoms with E-state index in [2.05, 4.69) is 0 Å². The Bertz CT molecular complexity index is 251. The van der Waals surface area contributed by atoms with Crippen molar-refractivity contribution in [3.8, 4) is 0 Å². The molecule has 1 atom stereocenters. The van der Waals surface area contributed by atoms with E-state index in [1.807, 2.05) is 0 Å². The monoisotopic (exact) mass is 204 g/mol. The number of hydrogen-bond acceptors (Lipinski definition) is 2. The quantitative estimate of drug-likeness (QED) is 0.643. The Balaban J connectivity index is 2.70. The maximum Gasteiger partial charge on any atom is 0.303 e. The van der Waals surface area contributed by atoms with Crippen LogP contribution in [0.25, 0.3) is 0 Å². The van der Waals surface area contributed by atoms with Crippen molar-refractivity contribution in [2.45, 2.75) is 39.0 Å². The molecule has 0 radical (unpaired) electrons. The second-order valence-electron chi connectivity index (χ2n) is 3.89. The molecule has 0 heterocycles. The first kappa shape index (κ1) is 11.3. The number of alkyl halides is 2. The summed E-state index contributed by atoms with van der Waals surface area (Å²) in [5, 5.41) is 0. The summed E-state index contributed by atoms with van der Waals surface area (Å²) in [4.78, 5) is 22.7. The van der Waals surface area contributed by atoms with E-state index in [1.54, 1.807) is 6.92 Å². The van der Waals surface area contributed by atoms with E-state index in [4.69, 9.17) is 0 Å². The maximum atomic E-state index is 12.7. The van der Waals surface area contributed by atoms with E-state index in [0.717, 1.165) is 12.8 Å².